The van der Waals surface area contributed by atoms with Gasteiger partial charge in [0.1, 0.15) is 23.2 Å². The van der Waals surface area contributed by atoms with Crippen LogP contribution in [0.4, 0.5) is 4.39 Å². The number of amides is 7. The number of methoxy groups -OCH3 is 2. The molecular formula is C107H130FN21O9S2. The van der Waals surface area contributed by atoms with Crippen LogP contribution in [0.25, 0.3) is 32.3 Å². The molecule has 17 rings (SSSR count). The Balaban J connectivity index is 0.000000151. The number of thiophene rings is 2. The number of fused-ring (bicyclic) bond motifs is 1. The summed E-state index contributed by atoms with van der Waals surface area (Å²) in [6.45, 7) is 20.6. The van der Waals surface area contributed by atoms with Crippen LogP contribution < -0.4 is 38.7 Å². The Bertz CT molecular complexity index is 6280. The van der Waals surface area contributed by atoms with Gasteiger partial charge in [0.2, 0.25) is 29.5 Å². The van der Waals surface area contributed by atoms with E-state index in [1.807, 2.05) is 109 Å². The molecule has 0 spiro atoms. The highest BCUT2D eigenvalue weighted by atomic mass is 32.1. The van der Waals surface area contributed by atoms with Gasteiger partial charge in [0.05, 0.1) is 59.7 Å². The number of nitrogens with two attached hydrogens (primary N) is 5. The van der Waals surface area contributed by atoms with E-state index < -0.39 is 39.6 Å². The van der Waals surface area contributed by atoms with Gasteiger partial charge in [-0.2, -0.15) is 10.5 Å². The smallest absolute Gasteiger partial charge is 0.261 e. The van der Waals surface area contributed by atoms with Crippen molar-refractivity contribution >= 4 is 104 Å². The van der Waals surface area contributed by atoms with Gasteiger partial charge in [-0.3, -0.25) is 63.0 Å². The fraction of sp³-hybridized carbons (Fsp3) is 0.421. The second kappa shape index (κ2) is 45.1. The molecular weight excluding hydrogens is 1810 g/mol. The molecule has 3 saturated heterocycles. The second-order valence-corrected chi connectivity index (χ2v) is 40.1. The first-order valence-electron chi connectivity index (χ1n) is 47.6. The summed E-state index contributed by atoms with van der Waals surface area (Å²) in [5, 5.41) is 26.8. The summed E-state index contributed by atoms with van der Waals surface area (Å²) >= 11 is 3.12. The molecule has 8 aliphatic rings. The van der Waals surface area contributed by atoms with E-state index in [0.29, 0.717) is 68.6 Å². The predicted molar refractivity (Wildman–Crippen MR) is 548 cm³/mol. The van der Waals surface area contributed by atoms with Gasteiger partial charge in [-0.1, -0.05) is 109 Å². The number of rotatable bonds is 22. The number of hydrogen-bond acceptors (Lipinski definition) is 25. The molecule has 8 aliphatic heterocycles. The Hall–Kier alpha value is -13.6. The van der Waals surface area contributed by atoms with Crippen molar-refractivity contribution in [2.24, 2.45) is 77.3 Å². The minimum atomic E-state index is -1.10. The number of nitrogens with one attached hydrogen (secondary N) is 1. The lowest BCUT2D eigenvalue weighted by molar-refractivity contribution is -0.142. The highest BCUT2D eigenvalue weighted by Crippen LogP contribution is 2.46. The third-order valence-corrected chi connectivity index (χ3v) is 30.8. The van der Waals surface area contributed by atoms with Crippen molar-refractivity contribution in [1.82, 2.24) is 44.5 Å². The van der Waals surface area contributed by atoms with Crippen LogP contribution in [-0.2, 0) is 80.8 Å². The molecule has 3 fully saturated rings. The van der Waals surface area contributed by atoms with Crippen LogP contribution in [0.2, 0.25) is 0 Å². The van der Waals surface area contributed by atoms with E-state index in [0.717, 1.165) is 147 Å². The maximum atomic E-state index is 13.8. The highest BCUT2D eigenvalue weighted by molar-refractivity contribution is 7.17. The van der Waals surface area contributed by atoms with Crippen molar-refractivity contribution in [1.29, 1.82) is 10.5 Å². The third-order valence-electron chi connectivity index (χ3n) is 28.7. The van der Waals surface area contributed by atoms with Gasteiger partial charge in [-0.05, 0) is 262 Å². The molecule has 9 atom stereocenters. The largest absolute Gasteiger partial charge is 0.497 e. The molecule has 0 bridgehead atoms. The molecule has 10 heterocycles. The number of piperidine rings is 3. The first kappa shape index (κ1) is 104. The molecule has 0 saturated carbocycles. The normalized spacial score (nSPS) is 23.8. The lowest BCUT2D eigenvalue weighted by atomic mass is 9.75. The van der Waals surface area contributed by atoms with Crippen LogP contribution in [0.1, 0.15) is 162 Å². The van der Waals surface area contributed by atoms with Gasteiger partial charge >= 0.3 is 0 Å². The number of hydrogen-bond donors (Lipinski definition) is 6. The Morgan fingerprint density at radius 2 is 1.17 bits per heavy atom. The van der Waals surface area contributed by atoms with E-state index in [2.05, 4.69) is 135 Å². The van der Waals surface area contributed by atoms with Gasteiger partial charge in [0, 0.05) is 117 Å². The monoisotopic (exact) mass is 1940 g/mol. The van der Waals surface area contributed by atoms with Crippen LogP contribution in [0.3, 0.4) is 0 Å². The number of halogens is 1. The number of likely N-dealkylation sites (tertiary alicyclic amines) is 3. The molecule has 5 unspecified atom stereocenters. The lowest BCUT2D eigenvalue weighted by Crippen LogP contribution is -2.57. The summed E-state index contributed by atoms with van der Waals surface area (Å²) in [6, 6.07) is 61.5. The summed E-state index contributed by atoms with van der Waals surface area (Å²) < 4.78 is 25.8. The molecule has 9 aromatic rings. The van der Waals surface area contributed by atoms with Gasteiger partial charge in [0.25, 0.3) is 11.8 Å². The average Bonchev–Trinajstić information content (AvgIpc) is 1.44. The lowest BCUT2D eigenvalue weighted by Gasteiger charge is -2.43. The molecule has 0 aliphatic carbocycles. The fourth-order valence-electron chi connectivity index (χ4n) is 19.8. The van der Waals surface area contributed by atoms with Gasteiger partial charge in [-0.25, -0.2) is 29.4 Å². The van der Waals surface area contributed by atoms with Crippen LogP contribution in [0.15, 0.2) is 212 Å². The number of guanidine groups is 5. The molecule has 7 aromatic carbocycles. The number of carbonyl (C=O) groups excluding carboxylic acids is 7. The number of aryl methyl sites for hydroxylation is 1. The average molecular weight is 1940 g/mol. The SMILES string of the molecule is CC(=O)N1CCCC([C@]2(C)CC(=O)N(C)C(N)=N2)C1.CN1C(=O)C(CCCc2ccccc2)[C@@](C)(c2ccc3sccc3c2)N=C1N.CN1C(=O)C[C@@](C)(C2CCCN(Cc3cccc(C#N)c3)C2)N=C1N.COC1C(=O)N(C)C(N)=N[C@]1(C)c1cc(-c2ccc(F)c(C#N)c2)cs1.COc1ccc(CNCCc2ccccc2)c(-c2cccc(C3(C)N=C(N)N(CC4CCN(C(C)=O)CC4)C3=O)c2)c1. The number of ether oxygens (including phenoxy) is 2. The van der Waals surface area contributed by atoms with E-state index in [1.165, 1.54) is 71.4 Å². The zero-order valence-electron chi connectivity index (χ0n) is 82.3. The Kier molecular flexibility index (Phi) is 33.5. The van der Waals surface area contributed by atoms with Crippen molar-refractivity contribution in [3.63, 3.8) is 0 Å². The Morgan fingerprint density at radius 1 is 0.557 bits per heavy atom. The molecule has 736 valence electrons. The summed E-state index contributed by atoms with van der Waals surface area (Å²) in [4.78, 5) is 124. The summed E-state index contributed by atoms with van der Waals surface area (Å²) in [7, 11) is 9.71. The minimum Gasteiger partial charge on any atom is -0.497 e. The zero-order valence-corrected chi connectivity index (χ0v) is 83.9. The zero-order chi connectivity index (χ0) is 101. The van der Waals surface area contributed by atoms with Crippen LogP contribution >= 0.6 is 22.7 Å². The standard InChI is InChI=1S/C34H41N5O3.C23H25N3OS.C19H25N5O.C18H17FN4O2S.C13H22N4O2/c1-24(40)38-18-15-26(16-19-38)23-39-32(41)34(2,37-33(39)35)29-11-7-10-27(20-29)31-21-30(42-3)13-12-28(31)22-36-17-14-25-8-5-4-6-9-25;1-23(18-11-12-20-17(15-18)13-14-28-20)19(21(27)26(2)22(24)25-23)10-6-9-16-7-4-3-5-8-16;1-19(10-17(25)23(2)18(21)22-19)16-7-4-8-24(13-16)12-15-6-3-5-14(9-15)11-20;1-18(15(25-3)16(24)23(2)17(21)22-18)14-7-12(9-26-14)10-4-5-13(19)11(6-10)8-20;1-9(18)17-6-4-5-10(8-17)13(2)7-11(19)16(3)12(14)15-13/h4-13,20-21,26,36H,14-19,22-23H2,1-3H3,(H2,35,37);3-5,7-8,11-15,19H,6,9-10H2,1-2H3,(H2,24,25);3,5-6,9,16H,4,7-8,10,12-13H2,1-2H3,(H2,21,22);4-7,9,15H,1-3H3,(H2,21,22);10H,4-8H2,1-3H3,(H2,14,15)/t;19?,23-;16?,19-;15?,18-;10?,13-/m.1010/s1. The topological polar surface area (TPSA) is 415 Å². The van der Waals surface area contributed by atoms with Crippen LogP contribution in [0, 0.1) is 52.2 Å². The van der Waals surface area contributed by atoms with Crippen LogP contribution in [-0.4, -0.2) is 222 Å². The van der Waals surface area contributed by atoms with Gasteiger partial charge < -0.3 is 53.3 Å². The van der Waals surface area contributed by atoms with E-state index in [4.69, 9.17) is 58.7 Å². The number of carbonyl (C=O) groups is 7. The van der Waals surface area contributed by atoms with Crippen molar-refractivity contribution in [2.75, 3.05) is 94.8 Å². The van der Waals surface area contributed by atoms with Crippen LogP contribution in [0.5, 0.6) is 5.75 Å². The second-order valence-electron chi connectivity index (χ2n) is 38.3. The van der Waals surface area contributed by atoms with Crippen molar-refractivity contribution < 1.29 is 47.4 Å². The Labute approximate surface area is 827 Å². The summed E-state index contributed by atoms with van der Waals surface area (Å²) in [5.74, 6) is 1.90. The first-order valence-corrected chi connectivity index (χ1v) is 49.3. The molecule has 11 N–H and O–H groups in total. The van der Waals surface area contributed by atoms with E-state index in [-0.39, 0.29) is 88.5 Å². The highest BCUT2D eigenvalue weighted by Gasteiger charge is 2.51. The molecule has 2 aromatic heterocycles. The number of nitrogens with zero attached hydrogens (tertiary/aromatic N) is 15. The molecule has 0 radical (unpaired) electrons. The third kappa shape index (κ3) is 23.8. The minimum absolute atomic E-state index is 0.00468. The maximum Gasteiger partial charge on any atom is 0.261 e. The molecule has 30 nitrogen and oxygen atoms in total. The van der Waals surface area contributed by atoms with E-state index >= 15 is 0 Å². The Morgan fingerprint density at radius 3 is 1.80 bits per heavy atom. The van der Waals surface area contributed by atoms with E-state index in [1.54, 1.807) is 78.4 Å². The van der Waals surface area contributed by atoms with E-state index in [9.17, 15) is 38.0 Å². The fourth-order valence-corrected chi connectivity index (χ4v) is 21.6. The summed E-state index contributed by atoms with van der Waals surface area (Å²) in [5.41, 5.74) is 37.5. The number of nitriles is 2. The van der Waals surface area contributed by atoms with Crippen molar-refractivity contribution in [3.05, 3.63) is 242 Å². The molecule has 7 amide bonds. The predicted octanol–water partition coefficient (Wildman–Crippen LogP) is 13.2. The molecule has 33 heteroatoms. The molecule has 140 heavy (non-hydrogen) atoms. The number of aliphatic imine (C=N–C) groups is 5. The van der Waals surface area contributed by atoms with Gasteiger partial charge in [0.15, 0.2) is 41.4 Å². The van der Waals surface area contributed by atoms with Crippen molar-refractivity contribution in [2.45, 2.75) is 172 Å². The summed E-state index contributed by atoms with van der Waals surface area (Å²) in [6.07, 6.45) is 9.34. The number of likely N-dealkylation sites (N-methyl/N-ethyl adjacent to an activating group) is 1. The first-order chi connectivity index (χ1) is 66.8. The maximum absolute atomic E-state index is 13.8. The van der Waals surface area contributed by atoms with Crippen molar-refractivity contribution in [3.8, 4) is 40.1 Å². The number of benzene rings is 7. The quantitative estimate of drug-likeness (QED) is 0.0343. The van der Waals surface area contributed by atoms with Gasteiger partial charge in [-0.15, -0.1) is 22.7 Å².